The van der Waals surface area contributed by atoms with Crippen molar-refractivity contribution < 1.29 is 9.53 Å². The number of anilines is 1. The topological polar surface area (TPSA) is 94.0 Å². The third-order valence-corrected chi connectivity index (χ3v) is 4.09. The number of carbonyl (C=O) groups is 1. The molecule has 0 aliphatic rings. The molecule has 0 spiro atoms. The van der Waals surface area contributed by atoms with E-state index >= 15 is 0 Å². The minimum Gasteiger partial charge on any atom is -0.478 e. The summed E-state index contributed by atoms with van der Waals surface area (Å²) < 4.78 is 7.39. The standard InChI is InChI=1S/C19H21ClN6O2/c1-19(2,28-15-6-4-14(20)5-7-15)18(27)22-12-11-21-16-8-9-17(25-24-16)26-13-3-10-23-26/h3-10,13H,11-12H2,1-2H3,(H,21,24)(H,22,27). The Labute approximate surface area is 167 Å². The van der Waals surface area contributed by atoms with Gasteiger partial charge < -0.3 is 15.4 Å². The van der Waals surface area contributed by atoms with Gasteiger partial charge in [0.05, 0.1) is 0 Å². The van der Waals surface area contributed by atoms with Crippen molar-refractivity contribution in [2.75, 3.05) is 18.4 Å². The zero-order valence-electron chi connectivity index (χ0n) is 15.6. The van der Waals surface area contributed by atoms with E-state index in [0.717, 1.165) is 0 Å². The monoisotopic (exact) mass is 400 g/mol. The van der Waals surface area contributed by atoms with Gasteiger partial charge in [-0.1, -0.05) is 11.6 Å². The Hall–Kier alpha value is -3.13. The molecule has 8 nitrogen and oxygen atoms in total. The Kier molecular flexibility index (Phi) is 6.10. The molecule has 2 N–H and O–H groups in total. The minimum atomic E-state index is -1.01. The number of hydrogen-bond donors (Lipinski definition) is 2. The molecule has 146 valence electrons. The Balaban J connectivity index is 1.43. The lowest BCUT2D eigenvalue weighted by molar-refractivity contribution is -0.134. The van der Waals surface area contributed by atoms with E-state index < -0.39 is 5.60 Å². The summed E-state index contributed by atoms with van der Waals surface area (Å²) >= 11 is 5.86. The summed E-state index contributed by atoms with van der Waals surface area (Å²) in [4.78, 5) is 12.4. The molecule has 2 heterocycles. The maximum atomic E-state index is 12.4. The largest absolute Gasteiger partial charge is 0.478 e. The molecule has 1 aromatic carbocycles. The van der Waals surface area contributed by atoms with Gasteiger partial charge in [0.2, 0.25) is 0 Å². The Morgan fingerprint density at radius 2 is 1.93 bits per heavy atom. The number of aromatic nitrogens is 4. The van der Waals surface area contributed by atoms with Gasteiger partial charge in [-0.3, -0.25) is 4.79 Å². The van der Waals surface area contributed by atoms with Gasteiger partial charge in [0, 0.05) is 30.5 Å². The lowest BCUT2D eigenvalue weighted by Gasteiger charge is -2.25. The third-order valence-electron chi connectivity index (χ3n) is 3.84. The average Bonchev–Trinajstić information content (AvgIpc) is 3.22. The quantitative estimate of drug-likeness (QED) is 0.564. The number of amides is 1. The average molecular weight is 401 g/mol. The van der Waals surface area contributed by atoms with Crippen molar-refractivity contribution in [1.82, 2.24) is 25.3 Å². The van der Waals surface area contributed by atoms with E-state index in [-0.39, 0.29) is 5.91 Å². The van der Waals surface area contributed by atoms with Crippen LogP contribution in [0.4, 0.5) is 5.82 Å². The van der Waals surface area contributed by atoms with E-state index in [1.165, 1.54) is 0 Å². The van der Waals surface area contributed by atoms with E-state index in [2.05, 4.69) is 25.9 Å². The maximum absolute atomic E-state index is 12.4. The van der Waals surface area contributed by atoms with Crippen molar-refractivity contribution in [3.8, 4) is 11.6 Å². The molecule has 0 saturated carbocycles. The number of nitrogens with zero attached hydrogens (tertiary/aromatic N) is 4. The number of hydrogen-bond acceptors (Lipinski definition) is 6. The highest BCUT2D eigenvalue weighted by Gasteiger charge is 2.29. The molecule has 2 aromatic heterocycles. The van der Waals surface area contributed by atoms with Crippen molar-refractivity contribution in [1.29, 1.82) is 0 Å². The van der Waals surface area contributed by atoms with Crippen molar-refractivity contribution in [3.63, 3.8) is 0 Å². The van der Waals surface area contributed by atoms with Crippen LogP contribution in [0.25, 0.3) is 5.82 Å². The summed E-state index contributed by atoms with van der Waals surface area (Å²) in [5, 5.41) is 18.9. The predicted octanol–water partition coefficient (Wildman–Crippen LogP) is 2.70. The molecule has 0 radical (unpaired) electrons. The number of nitrogens with one attached hydrogen (secondary N) is 2. The Morgan fingerprint density at radius 1 is 1.14 bits per heavy atom. The molecule has 0 saturated heterocycles. The Bertz CT molecular complexity index is 895. The fraction of sp³-hybridized carbons (Fsp3) is 0.263. The van der Waals surface area contributed by atoms with Crippen LogP contribution < -0.4 is 15.4 Å². The van der Waals surface area contributed by atoms with Crippen LogP contribution in [0.3, 0.4) is 0 Å². The summed E-state index contributed by atoms with van der Waals surface area (Å²) in [5.41, 5.74) is -1.01. The van der Waals surface area contributed by atoms with Crippen molar-refractivity contribution in [3.05, 3.63) is 59.9 Å². The molecular formula is C19H21ClN6O2. The first-order chi connectivity index (χ1) is 13.4. The molecule has 0 bridgehead atoms. The zero-order valence-corrected chi connectivity index (χ0v) is 16.3. The lowest BCUT2D eigenvalue weighted by Crippen LogP contribution is -2.47. The molecule has 1 amide bonds. The van der Waals surface area contributed by atoms with Gasteiger partial charge in [-0.25, -0.2) is 4.68 Å². The van der Waals surface area contributed by atoms with Gasteiger partial charge in [0.15, 0.2) is 11.4 Å². The summed E-state index contributed by atoms with van der Waals surface area (Å²) in [6.45, 7) is 4.33. The van der Waals surface area contributed by atoms with Gasteiger partial charge in [-0.05, 0) is 56.3 Å². The molecule has 0 unspecified atom stereocenters. The SMILES string of the molecule is CC(C)(Oc1ccc(Cl)cc1)C(=O)NCCNc1ccc(-n2cccn2)nn1. The van der Waals surface area contributed by atoms with Crippen LogP contribution in [-0.4, -0.2) is 44.6 Å². The maximum Gasteiger partial charge on any atom is 0.263 e. The molecule has 0 fully saturated rings. The first kappa shape index (κ1) is 19.6. The zero-order chi connectivity index (χ0) is 20.0. The molecule has 0 atom stereocenters. The van der Waals surface area contributed by atoms with Crippen LogP contribution in [0.5, 0.6) is 5.75 Å². The molecule has 3 aromatic rings. The number of rotatable bonds is 8. The Morgan fingerprint density at radius 3 is 2.57 bits per heavy atom. The summed E-state index contributed by atoms with van der Waals surface area (Å²) in [6.07, 6.45) is 3.47. The summed E-state index contributed by atoms with van der Waals surface area (Å²) in [6, 6.07) is 12.3. The van der Waals surface area contributed by atoms with Crippen molar-refractivity contribution in [2.24, 2.45) is 0 Å². The number of ether oxygens (including phenoxy) is 1. The van der Waals surface area contributed by atoms with Crippen LogP contribution in [0.1, 0.15) is 13.8 Å². The summed E-state index contributed by atoms with van der Waals surface area (Å²) in [7, 11) is 0. The van der Waals surface area contributed by atoms with E-state index in [1.54, 1.807) is 61.3 Å². The molecule has 3 rings (SSSR count). The van der Waals surface area contributed by atoms with Crippen LogP contribution in [0.15, 0.2) is 54.9 Å². The van der Waals surface area contributed by atoms with Gasteiger partial charge in [-0.2, -0.15) is 5.10 Å². The van der Waals surface area contributed by atoms with E-state index in [0.29, 0.717) is 35.5 Å². The van der Waals surface area contributed by atoms with Crippen LogP contribution >= 0.6 is 11.6 Å². The summed E-state index contributed by atoms with van der Waals surface area (Å²) in [5.74, 6) is 1.60. The van der Waals surface area contributed by atoms with E-state index in [9.17, 15) is 4.79 Å². The highest BCUT2D eigenvalue weighted by molar-refractivity contribution is 6.30. The van der Waals surface area contributed by atoms with Gasteiger partial charge >= 0.3 is 0 Å². The molecule has 28 heavy (non-hydrogen) atoms. The van der Waals surface area contributed by atoms with Crippen molar-refractivity contribution >= 4 is 23.3 Å². The van der Waals surface area contributed by atoms with E-state index in [4.69, 9.17) is 16.3 Å². The number of carbonyl (C=O) groups excluding carboxylic acids is 1. The number of halogens is 1. The van der Waals surface area contributed by atoms with Gasteiger partial charge in [-0.15, -0.1) is 10.2 Å². The lowest BCUT2D eigenvalue weighted by atomic mass is 10.1. The van der Waals surface area contributed by atoms with Gasteiger partial charge in [0.25, 0.3) is 5.91 Å². The second kappa shape index (κ2) is 8.71. The first-order valence-electron chi connectivity index (χ1n) is 8.74. The predicted molar refractivity (Wildman–Crippen MR) is 107 cm³/mol. The molecule has 0 aliphatic heterocycles. The second-order valence-electron chi connectivity index (χ2n) is 6.48. The second-order valence-corrected chi connectivity index (χ2v) is 6.91. The van der Waals surface area contributed by atoms with E-state index in [1.807, 2.05) is 12.1 Å². The fourth-order valence-electron chi connectivity index (χ4n) is 2.37. The van der Waals surface area contributed by atoms with Gasteiger partial charge in [0.1, 0.15) is 11.6 Å². The van der Waals surface area contributed by atoms with Crippen LogP contribution in [0, 0.1) is 0 Å². The van der Waals surface area contributed by atoms with Crippen LogP contribution in [-0.2, 0) is 4.79 Å². The molecule has 0 aliphatic carbocycles. The molecule has 9 heteroatoms. The normalized spacial score (nSPS) is 11.1. The van der Waals surface area contributed by atoms with Crippen LogP contribution in [0.2, 0.25) is 5.02 Å². The third kappa shape index (κ3) is 5.20. The first-order valence-corrected chi connectivity index (χ1v) is 9.12. The fourth-order valence-corrected chi connectivity index (χ4v) is 2.50. The highest BCUT2D eigenvalue weighted by Crippen LogP contribution is 2.20. The molecular weight excluding hydrogens is 380 g/mol. The van der Waals surface area contributed by atoms with Crippen molar-refractivity contribution in [2.45, 2.75) is 19.4 Å². The smallest absolute Gasteiger partial charge is 0.263 e. The highest BCUT2D eigenvalue weighted by atomic mass is 35.5. The number of benzene rings is 1. The minimum absolute atomic E-state index is 0.218.